The van der Waals surface area contributed by atoms with E-state index in [1.807, 2.05) is 0 Å². The zero-order chi connectivity index (χ0) is 9.49. The molecular formula is C6H14N2O3. The number of carbonyl (C=O) groups is 1. The van der Waals surface area contributed by atoms with E-state index in [0.29, 0.717) is 0 Å². The number of amides is 1. The molecule has 0 rings (SSSR count). The van der Waals surface area contributed by atoms with E-state index in [-0.39, 0.29) is 5.91 Å². The highest BCUT2D eigenvalue weighted by Crippen LogP contribution is 2.05. The molecule has 5 nitrogen and oxygen atoms in total. The van der Waals surface area contributed by atoms with Crippen LogP contribution in [0.5, 0.6) is 0 Å². The second-order valence-corrected chi connectivity index (χ2v) is 2.89. The van der Waals surface area contributed by atoms with E-state index in [0.717, 1.165) is 0 Å². The minimum absolute atomic E-state index is 0.333. The topological polar surface area (TPSA) is 81.8 Å². The maximum absolute atomic E-state index is 9.35. The number of primary amides is 1. The Morgan fingerprint density at radius 1 is 1.45 bits per heavy atom. The van der Waals surface area contributed by atoms with Crippen molar-refractivity contribution in [1.82, 2.24) is 0 Å². The zero-order valence-corrected chi connectivity index (χ0v) is 7.25. The molecule has 0 spiro atoms. The predicted octanol–water partition coefficient (Wildman–Crippen LogP) is 0.974. The van der Waals surface area contributed by atoms with Gasteiger partial charge in [0.1, 0.15) is 5.60 Å². The minimum Gasteiger partial charge on any atom is -0.370 e. The van der Waals surface area contributed by atoms with Gasteiger partial charge >= 0.3 is 0 Å². The fourth-order valence-electron chi connectivity index (χ4n) is 0.112. The lowest BCUT2D eigenvalue weighted by Gasteiger charge is -2.11. The average molecular weight is 162 g/mol. The van der Waals surface area contributed by atoms with Crippen molar-refractivity contribution in [1.29, 1.82) is 0 Å². The summed E-state index contributed by atoms with van der Waals surface area (Å²) in [6.07, 6.45) is 0. The van der Waals surface area contributed by atoms with Gasteiger partial charge in [-0.25, -0.2) is 0 Å². The Morgan fingerprint density at radius 2 is 1.73 bits per heavy atom. The quantitative estimate of drug-likeness (QED) is 0.460. The van der Waals surface area contributed by atoms with Gasteiger partial charge in [-0.2, -0.15) is 0 Å². The van der Waals surface area contributed by atoms with Crippen molar-refractivity contribution in [2.45, 2.75) is 33.3 Å². The summed E-state index contributed by atoms with van der Waals surface area (Å²) in [6, 6.07) is 0. The summed E-state index contributed by atoms with van der Waals surface area (Å²) in [6.45, 7) is 6.58. The molecular weight excluding hydrogens is 148 g/mol. The van der Waals surface area contributed by atoms with E-state index < -0.39 is 5.60 Å². The SMILES string of the molecule is CC(C)(C)ON=O.CC(N)=O. The smallest absolute Gasteiger partial charge is 0.214 e. The molecule has 0 atom stereocenters. The Morgan fingerprint density at radius 3 is 1.73 bits per heavy atom. The number of hydrogen-bond acceptors (Lipinski definition) is 4. The van der Waals surface area contributed by atoms with Crippen LogP contribution >= 0.6 is 0 Å². The Hall–Kier alpha value is -1.13. The predicted molar refractivity (Wildman–Crippen MR) is 41.5 cm³/mol. The van der Waals surface area contributed by atoms with E-state index >= 15 is 0 Å². The third-order valence-electron chi connectivity index (χ3n) is 0.311. The third-order valence-corrected chi connectivity index (χ3v) is 0.311. The van der Waals surface area contributed by atoms with Crippen LogP contribution in [0.1, 0.15) is 27.7 Å². The van der Waals surface area contributed by atoms with Crippen LogP contribution < -0.4 is 5.73 Å². The van der Waals surface area contributed by atoms with Gasteiger partial charge in [0.2, 0.25) is 5.91 Å². The molecule has 0 unspecified atom stereocenters. The van der Waals surface area contributed by atoms with Crippen molar-refractivity contribution in [3.63, 3.8) is 0 Å². The molecule has 0 fully saturated rings. The Bertz CT molecular complexity index is 124. The maximum atomic E-state index is 9.35. The lowest BCUT2D eigenvalue weighted by atomic mass is 10.2. The standard InChI is InChI=1S/C4H9NO2.C2H5NO/c1-4(2,3)7-5-6;1-2(3)4/h1-3H3;1H3,(H2,3,4). The van der Waals surface area contributed by atoms with E-state index in [4.69, 9.17) is 0 Å². The lowest BCUT2D eigenvalue weighted by Crippen LogP contribution is -2.14. The summed E-state index contributed by atoms with van der Waals surface area (Å²) in [7, 11) is 0. The molecule has 0 aliphatic carbocycles. The molecule has 0 radical (unpaired) electrons. The van der Waals surface area contributed by atoms with Crippen LogP contribution in [0.4, 0.5) is 0 Å². The van der Waals surface area contributed by atoms with Gasteiger partial charge in [-0.1, -0.05) is 0 Å². The summed E-state index contributed by atoms with van der Waals surface area (Å²) >= 11 is 0. The molecule has 11 heavy (non-hydrogen) atoms. The summed E-state index contributed by atoms with van der Waals surface area (Å²) in [5.41, 5.74) is 4.04. The van der Waals surface area contributed by atoms with E-state index in [9.17, 15) is 9.70 Å². The second-order valence-electron chi connectivity index (χ2n) is 2.89. The molecule has 0 aromatic heterocycles. The molecule has 0 saturated carbocycles. The summed E-state index contributed by atoms with van der Waals surface area (Å²) in [4.78, 5) is 22.9. The van der Waals surface area contributed by atoms with Crippen LogP contribution in [-0.2, 0) is 9.63 Å². The number of hydrogen-bond donors (Lipinski definition) is 1. The van der Waals surface area contributed by atoms with Gasteiger partial charge < -0.3 is 10.6 Å². The van der Waals surface area contributed by atoms with Crippen LogP contribution in [-0.4, -0.2) is 11.5 Å². The molecule has 2 N–H and O–H groups in total. The first-order valence-electron chi connectivity index (χ1n) is 3.06. The van der Waals surface area contributed by atoms with Crippen molar-refractivity contribution in [2.75, 3.05) is 0 Å². The van der Waals surface area contributed by atoms with Gasteiger partial charge in [-0.15, -0.1) is 4.91 Å². The highest BCUT2D eigenvalue weighted by molar-refractivity contribution is 5.70. The van der Waals surface area contributed by atoms with Crippen molar-refractivity contribution in [3.05, 3.63) is 4.91 Å². The fraction of sp³-hybridized carbons (Fsp3) is 0.833. The first-order valence-corrected chi connectivity index (χ1v) is 3.06. The van der Waals surface area contributed by atoms with Gasteiger partial charge in [0.05, 0.1) is 0 Å². The monoisotopic (exact) mass is 162 g/mol. The second kappa shape index (κ2) is 5.64. The van der Waals surface area contributed by atoms with Crippen LogP contribution in [0, 0.1) is 4.91 Å². The van der Waals surface area contributed by atoms with Crippen LogP contribution in [0.25, 0.3) is 0 Å². The van der Waals surface area contributed by atoms with Gasteiger partial charge in [0.15, 0.2) is 5.34 Å². The number of carbonyl (C=O) groups excluding carboxylic acids is 1. The van der Waals surface area contributed by atoms with Crippen LogP contribution in [0.2, 0.25) is 0 Å². The number of nitrogens with zero attached hydrogens (tertiary/aromatic N) is 1. The highest BCUT2D eigenvalue weighted by Gasteiger charge is 2.09. The summed E-state index contributed by atoms with van der Waals surface area (Å²) in [5.74, 6) is -0.333. The van der Waals surface area contributed by atoms with E-state index in [1.165, 1.54) is 6.92 Å². The summed E-state index contributed by atoms with van der Waals surface area (Å²) in [5, 5.41) is 2.26. The number of rotatable bonds is 1. The normalized spacial score (nSPS) is 9.09. The maximum Gasteiger partial charge on any atom is 0.214 e. The lowest BCUT2D eigenvalue weighted by molar-refractivity contribution is -0.115. The van der Waals surface area contributed by atoms with Crippen LogP contribution in [0.15, 0.2) is 5.34 Å². The van der Waals surface area contributed by atoms with Crippen molar-refractivity contribution < 1.29 is 9.63 Å². The highest BCUT2D eigenvalue weighted by atomic mass is 16.7. The Balaban J connectivity index is 0. The van der Waals surface area contributed by atoms with Crippen LogP contribution in [0.3, 0.4) is 0 Å². The van der Waals surface area contributed by atoms with Crippen molar-refractivity contribution in [2.24, 2.45) is 11.1 Å². The molecule has 0 aliphatic rings. The third kappa shape index (κ3) is 50.8. The van der Waals surface area contributed by atoms with E-state index in [1.54, 1.807) is 20.8 Å². The number of nitrogens with two attached hydrogens (primary N) is 1. The van der Waals surface area contributed by atoms with Gasteiger partial charge in [-0.05, 0) is 20.8 Å². The molecule has 0 aromatic carbocycles. The first-order chi connectivity index (χ1) is 4.79. The molecule has 0 aliphatic heterocycles. The molecule has 0 saturated heterocycles. The molecule has 1 amide bonds. The molecule has 66 valence electrons. The zero-order valence-electron chi connectivity index (χ0n) is 7.25. The fourth-order valence-corrected chi connectivity index (χ4v) is 0.112. The Labute approximate surface area is 65.8 Å². The van der Waals surface area contributed by atoms with Crippen molar-refractivity contribution in [3.8, 4) is 0 Å². The van der Waals surface area contributed by atoms with E-state index in [2.05, 4.69) is 15.9 Å². The van der Waals surface area contributed by atoms with Gasteiger partial charge in [-0.3, -0.25) is 4.79 Å². The average Bonchev–Trinajstić information content (AvgIpc) is 1.58. The molecule has 0 bridgehead atoms. The minimum atomic E-state index is -0.429. The van der Waals surface area contributed by atoms with Crippen molar-refractivity contribution >= 4 is 5.91 Å². The molecule has 0 heterocycles. The molecule has 5 heteroatoms. The van der Waals surface area contributed by atoms with Gasteiger partial charge in [0.25, 0.3) is 0 Å². The Kier molecular flexibility index (Phi) is 6.43. The first kappa shape index (κ1) is 12.5. The molecule has 0 aromatic rings. The summed E-state index contributed by atoms with van der Waals surface area (Å²) < 4.78 is 0. The van der Waals surface area contributed by atoms with Gasteiger partial charge in [0, 0.05) is 6.92 Å². The largest absolute Gasteiger partial charge is 0.370 e.